The van der Waals surface area contributed by atoms with E-state index >= 15 is 0 Å². The third kappa shape index (κ3) is 2.45. The third-order valence-corrected chi connectivity index (χ3v) is 2.59. The molecule has 3 nitrogen and oxygen atoms in total. The van der Waals surface area contributed by atoms with E-state index in [-0.39, 0.29) is 5.69 Å². The number of halogens is 1. The molecular weight excluding hydrogens is 238 g/mol. The largest absolute Gasteiger partial charge is 0.464 e. The van der Waals surface area contributed by atoms with Crippen LogP contribution >= 0.6 is 11.6 Å². The number of benzene rings is 1. The Bertz CT molecular complexity index is 537. The van der Waals surface area contributed by atoms with Gasteiger partial charge in [0.1, 0.15) is 5.69 Å². The molecule has 0 aliphatic heterocycles. The average molecular weight is 247 g/mol. The Morgan fingerprint density at radius 1 is 1.41 bits per heavy atom. The average Bonchev–Trinajstić information content (AvgIpc) is 2.39. The van der Waals surface area contributed by atoms with Gasteiger partial charge in [-0.2, -0.15) is 0 Å². The van der Waals surface area contributed by atoms with Gasteiger partial charge in [-0.05, 0) is 6.07 Å². The summed E-state index contributed by atoms with van der Waals surface area (Å²) in [5.74, 6) is -0.456. The van der Waals surface area contributed by atoms with Crippen molar-refractivity contribution >= 4 is 17.6 Å². The Labute approximate surface area is 104 Å². The molecule has 1 aromatic heterocycles. The molecule has 2 aromatic rings. The molecule has 0 bridgehead atoms. The molecule has 1 radical (unpaired) electrons. The lowest BCUT2D eigenvalue weighted by atomic mass is 10.1. The SMILES string of the molecule is COC(=O)c1ccc(-c2ccc[c]c2Cl)cn1. The van der Waals surface area contributed by atoms with E-state index < -0.39 is 5.97 Å². The molecule has 0 aliphatic carbocycles. The molecule has 1 aromatic carbocycles. The number of pyridine rings is 1. The summed E-state index contributed by atoms with van der Waals surface area (Å²) in [6.45, 7) is 0. The van der Waals surface area contributed by atoms with Gasteiger partial charge in [0.2, 0.25) is 0 Å². The zero-order valence-electron chi connectivity index (χ0n) is 9.11. The summed E-state index contributed by atoms with van der Waals surface area (Å²) < 4.78 is 4.57. The van der Waals surface area contributed by atoms with E-state index in [1.54, 1.807) is 24.4 Å². The number of hydrogen-bond acceptors (Lipinski definition) is 3. The lowest BCUT2D eigenvalue weighted by Gasteiger charge is -2.04. The van der Waals surface area contributed by atoms with Crippen molar-refractivity contribution in [2.75, 3.05) is 7.11 Å². The second-order valence-electron chi connectivity index (χ2n) is 3.32. The highest BCUT2D eigenvalue weighted by Crippen LogP contribution is 2.26. The van der Waals surface area contributed by atoms with Crippen LogP contribution in [0.1, 0.15) is 10.5 Å². The Kier molecular flexibility index (Phi) is 3.40. The predicted octanol–water partition coefficient (Wildman–Crippen LogP) is 2.99. The Morgan fingerprint density at radius 3 is 2.82 bits per heavy atom. The molecule has 0 atom stereocenters. The van der Waals surface area contributed by atoms with Crippen LogP contribution in [0.4, 0.5) is 0 Å². The Hall–Kier alpha value is -1.87. The molecule has 0 unspecified atom stereocenters. The molecule has 0 aliphatic rings. The van der Waals surface area contributed by atoms with Gasteiger partial charge in [-0.3, -0.25) is 0 Å². The van der Waals surface area contributed by atoms with Gasteiger partial charge < -0.3 is 4.74 Å². The third-order valence-electron chi connectivity index (χ3n) is 2.27. The smallest absolute Gasteiger partial charge is 0.356 e. The first-order valence-corrected chi connectivity index (χ1v) is 5.31. The van der Waals surface area contributed by atoms with Crippen molar-refractivity contribution in [3.8, 4) is 11.1 Å². The molecule has 1 heterocycles. The zero-order chi connectivity index (χ0) is 12.3. The predicted molar refractivity (Wildman–Crippen MR) is 64.9 cm³/mol. The number of aromatic nitrogens is 1. The van der Waals surface area contributed by atoms with Crippen LogP contribution in [-0.2, 0) is 4.74 Å². The van der Waals surface area contributed by atoms with E-state index in [9.17, 15) is 4.79 Å². The molecule has 0 amide bonds. The molecule has 0 fully saturated rings. The van der Waals surface area contributed by atoms with E-state index in [2.05, 4.69) is 15.8 Å². The van der Waals surface area contributed by atoms with Crippen LogP contribution < -0.4 is 0 Å². The van der Waals surface area contributed by atoms with Crippen molar-refractivity contribution in [3.05, 3.63) is 53.3 Å². The lowest BCUT2D eigenvalue weighted by molar-refractivity contribution is 0.0594. The van der Waals surface area contributed by atoms with Gasteiger partial charge in [0.25, 0.3) is 0 Å². The first kappa shape index (κ1) is 11.6. The maximum atomic E-state index is 11.2. The molecule has 0 saturated carbocycles. The Morgan fingerprint density at radius 2 is 2.24 bits per heavy atom. The number of ether oxygens (including phenoxy) is 1. The highest BCUT2D eigenvalue weighted by Gasteiger charge is 2.08. The van der Waals surface area contributed by atoms with Gasteiger partial charge in [-0.15, -0.1) is 0 Å². The fourth-order valence-electron chi connectivity index (χ4n) is 1.42. The van der Waals surface area contributed by atoms with Crippen LogP contribution in [0.2, 0.25) is 5.02 Å². The Balaban J connectivity index is 2.36. The first-order chi connectivity index (χ1) is 8.22. The van der Waals surface area contributed by atoms with Gasteiger partial charge in [-0.1, -0.05) is 35.9 Å². The summed E-state index contributed by atoms with van der Waals surface area (Å²) >= 11 is 6.01. The molecule has 17 heavy (non-hydrogen) atoms. The number of methoxy groups -OCH3 is 1. The van der Waals surface area contributed by atoms with E-state index in [0.29, 0.717) is 5.02 Å². The van der Waals surface area contributed by atoms with Crippen LogP contribution in [0.5, 0.6) is 0 Å². The molecular formula is C13H9ClNO2. The van der Waals surface area contributed by atoms with Gasteiger partial charge >= 0.3 is 5.97 Å². The van der Waals surface area contributed by atoms with Crippen molar-refractivity contribution < 1.29 is 9.53 Å². The number of esters is 1. The summed E-state index contributed by atoms with van der Waals surface area (Å²) in [4.78, 5) is 15.2. The number of carbonyl (C=O) groups is 1. The van der Waals surface area contributed by atoms with Crippen molar-refractivity contribution in [2.45, 2.75) is 0 Å². The molecule has 2 rings (SSSR count). The molecule has 85 valence electrons. The number of hydrogen-bond donors (Lipinski definition) is 0. The van der Waals surface area contributed by atoms with Crippen LogP contribution in [0.25, 0.3) is 11.1 Å². The standard InChI is InChI=1S/C13H9ClNO2/c1-17-13(16)12-7-6-9(8-15-12)10-4-2-3-5-11(10)14/h2-4,6-8H,1H3. The van der Waals surface area contributed by atoms with Crippen molar-refractivity contribution in [1.29, 1.82) is 0 Å². The van der Waals surface area contributed by atoms with Gasteiger partial charge in [0, 0.05) is 23.4 Å². The maximum Gasteiger partial charge on any atom is 0.356 e. The molecule has 0 saturated heterocycles. The molecule has 0 spiro atoms. The van der Waals surface area contributed by atoms with Crippen molar-refractivity contribution in [3.63, 3.8) is 0 Å². The van der Waals surface area contributed by atoms with E-state index in [1.165, 1.54) is 7.11 Å². The second-order valence-corrected chi connectivity index (χ2v) is 3.70. The van der Waals surface area contributed by atoms with Crippen molar-refractivity contribution in [1.82, 2.24) is 4.98 Å². The molecule has 0 N–H and O–H groups in total. The zero-order valence-corrected chi connectivity index (χ0v) is 9.86. The minimum absolute atomic E-state index is 0.271. The van der Waals surface area contributed by atoms with Crippen molar-refractivity contribution in [2.24, 2.45) is 0 Å². The van der Waals surface area contributed by atoms with Gasteiger partial charge in [-0.25, -0.2) is 9.78 Å². The summed E-state index contributed by atoms with van der Waals surface area (Å²) in [6.07, 6.45) is 1.58. The normalized spacial score (nSPS) is 10.0. The van der Waals surface area contributed by atoms with E-state index in [1.807, 2.05) is 12.1 Å². The summed E-state index contributed by atoms with van der Waals surface area (Å²) in [6, 6.07) is 11.7. The fourth-order valence-corrected chi connectivity index (χ4v) is 1.65. The van der Waals surface area contributed by atoms with Crippen LogP contribution in [0, 0.1) is 6.07 Å². The number of carbonyl (C=O) groups excluding carboxylic acids is 1. The van der Waals surface area contributed by atoms with Gasteiger partial charge in [0.15, 0.2) is 0 Å². The van der Waals surface area contributed by atoms with E-state index in [4.69, 9.17) is 11.6 Å². The monoisotopic (exact) mass is 246 g/mol. The van der Waals surface area contributed by atoms with Crippen LogP contribution in [-0.4, -0.2) is 18.1 Å². The number of nitrogens with zero attached hydrogens (tertiary/aromatic N) is 1. The lowest BCUT2D eigenvalue weighted by Crippen LogP contribution is -2.03. The first-order valence-electron chi connectivity index (χ1n) is 4.93. The minimum atomic E-state index is -0.456. The highest BCUT2D eigenvalue weighted by atomic mass is 35.5. The second kappa shape index (κ2) is 4.97. The summed E-state index contributed by atoms with van der Waals surface area (Å²) in [5.41, 5.74) is 1.94. The summed E-state index contributed by atoms with van der Waals surface area (Å²) in [7, 11) is 1.32. The van der Waals surface area contributed by atoms with E-state index in [0.717, 1.165) is 11.1 Å². The topological polar surface area (TPSA) is 39.2 Å². The summed E-state index contributed by atoms with van der Waals surface area (Å²) in [5, 5.41) is 0.528. The number of rotatable bonds is 2. The highest BCUT2D eigenvalue weighted by molar-refractivity contribution is 6.33. The fraction of sp³-hybridized carbons (Fsp3) is 0.0769. The van der Waals surface area contributed by atoms with Crippen LogP contribution in [0.3, 0.4) is 0 Å². The van der Waals surface area contributed by atoms with Crippen LogP contribution in [0.15, 0.2) is 36.5 Å². The maximum absolute atomic E-state index is 11.2. The quantitative estimate of drug-likeness (QED) is 0.765. The van der Waals surface area contributed by atoms with Gasteiger partial charge in [0.05, 0.1) is 12.1 Å². The molecule has 4 heteroatoms. The minimum Gasteiger partial charge on any atom is -0.464 e.